The van der Waals surface area contributed by atoms with Gasteiger partial charge < -0.3 is 19.9 Å². The Hall–Kier alpha value is -0.970. The van der Waals surface area contributed by atoms with E-state index in [1.165, 1.54) is 0 Å². The van der Waals surface area contributed by atoms with Gasteiger partial charge in [0.25, 0.3) is 0 Å². The zero-order valence-electron chi connectivity index (χ0n) is 12.6. The summed E-state index contributed by atoms with van der Waals surface area (Å²) in [5.41, 5.74) is 0.0585. The van der Waals surface area contributed by atoms with Gasteiger partial charge in [-0.2, -0.15) is 0 Å². The van der Waals surface area contributed by atoms with Crippen molar-refractivity contribution in [2.45, 2.75) is 39.3 Å². The third-order valence-electron chi connectivity index (χ3n) is 3.17. The Morgan fingerprint density at radius 1 is 1.35 bits per heavy atom. The van der Waals surface area contributed by atoms with Crippen molar-refractivity contribution in [1.82, 2.24) is 5.32 Å². The van der Waals surface area contributed by atoms with Gasteiger partial charge in [-0.15, -0.1) is 0 Å². The number of rotatable bonds is 8. The van der Waals surface area contributed by atoms with E-state index in [2.05, 4.69) is 5.32 Å². The van der Waals surface area contributed by atoms with E-state index in [0.29, 0.717) is 29.5 Å². The molecule has 0 saturated carbocycles. The second-order valence-corrected chi connectivity index (χ2v) is 5.45. The summed E-state index contributed by atoms with van der Waals surface area (Å²) in [6.45, 7) is 7.39. The normalized spacial score (nSPS) is 13.9. The largest absolute Gasteiger partial charge is 0.493 e. The fourth-order valence-electron chi connectivity index (χ4n) is 1.66. The monoisotopic (exact) mass is 301 g/mol. The highest BCUT2D eigenvalue weighted by Crippen LogP contribution is 2.35. The van der Waals surface area contributed by atoms with E-state index in [1.54, 1.807) is 20.1 Å². The van der Waals surface area contributed by atoms with Crippen LogP contribution in [0.15, 0.2) is 12.1 Å². The van der Waals surface area contributed by atoms with Gasteiger partial charge in [-0.1, -0.05) is 25.4 Å². The molecule has 1 atom stereocenters. The van der Waals surface area contributed by atoms with Crippen LogP contribution in [0.25, 0.3) is 0 Å². The molecule has 0 bridgehead atoms. The predicted octanol–water partition coefficient (Wildman–Crippen LogP) is 3.00. The molecule has 0 spiro atoms. The Bertz CT molecular complexity index is 435. The molecule has 1 aromatic rings. The summed E-state index contributed by atoms with van der Waals surface area (Å²) in [5.74, 6) is 1.21. The molecule has 2 N–H and O–H groups in total. The molecule has 1 unspecified atom stereocenters. The number of hydrogen-bond donors (Lipinski definition) is 2. The number of benzene rings is 1. The minimum Gasteiger partial charge on any atom is -0.493 e. The second kappa shape index (κ2) is 7.72. The second-order valence-electron chi connectivity index (χ2n) is 5.02. The lowest BCUT2D eigenvalue weighted by atomic mass is 10.1. The van der Waals surface area contributed by atoms with Crippen molar-refractivity contribution in [3.05, 3.63) is 22.7 Å². The SMILES string of the molecule is CCNCc1cc(Cl)cc(OC)c1OCC(C)(O)CC. The smallest absolute Gasteiger partial charge is 0.165 e. The van der Waals surface area contributed by atoms with Crippen LogP contribution in [0.4, 0.5) is 0 Å². The van der Waals surface area contributed by atoms with Crippen molar-refractivity contribution < 1.29 is 14.6 Å². The Morgan fingerprint density at radius 2 is 2.05 bits per heavy atom. The van der Waals surface area contributed by atoms with Gasteiger partial charge in [0, 0.05) is 23.2 Å². The van der Waals surface area contributed by atoms with Crippen LogP contribution >= 0.6 is 11.6 Å². The van der Waals surface area contributed by atoms with Crippen molar-refractivity contribution in [2.75, 3.05) is 20.3 Å². The topological polar surface area (TPSA) is 50.7 Å². The number of hydrogen-bond acceptors (Lipinski definition) is 4. The zero-order chi connectivity index (χ0) is 15.2. The zero-order valence-corrected chi connectivity index (χ0v) is 13.4. The molecule has 1 rings (SSSR count). The highest BCUT2D eigenvalue weighted by atomic mass is 35.5. The molecule has 0 aliphatic carbocycles. The number of ether oxygens (including phenoxy) is 2. The van der Waals surface area contributed by atoms with E-state index in [9.17, 15) is 5.11 Å². The fraction of sp³-hybridized carbons (Fsp3) is 0.600. The summed E-state index contributed by atoms with van der Waals surface area (Å²) in [5, 5.41) is 13.9. The van der Waals surface area contributed by atoms with Crippen LogP contribution in [-0.2, 0) is 6.54 Å². The lowest BCUT2D eigenvalue weighted by Gasteiger charge is -2.23. The molecule has 20 heavy (non-hydrogen) atoms. The molecule has 0 heterocycles. The van der Waals surface area contributed by atoms with Crippen LogP contribution in [0, 0.1) is 0 Å². The van der Waals surface area contributed by atoms with Gasteiger partial charge in [0.2, 0.25) is 0 Å². The van der Waals surface area contributed by atoms with Gasteiger partial charge in [0.05, 0.1) is 12.7 Å². The molecule has 4 nitrogen and oxygen atoms in total. The molecule has 0 saturated heterocycles. The van der Waals surface area contributed by atoms with E-state index >= 15 is 0 Å². The molecule has 1 aromatic carbocycles. The first-order valence-electron chi connectivity index (χ1n) is 6.85. The van der Waals surface area contributed by atoms with Crippen LogP contribution in [0.3, 0.4) is 0 Å². The van der Waals surface area contributed by atoms with Crippen molar-refractivity contribution in [1.29, 1.82) is 0 Å². The molecule has 0 amide bonds. The van der Waals surface area contributed by atoms with Crippen molar-refractivity contribution in [2.24, 2.45) is 0 Å². The van der Waals surface area contributed by atoms with Crippen LogP contribution in [0.5, 0.6) is 11.5 Å². The maximum atomic E-state index is 10.1. The van der Waals surface area contributed by atoms with E-state index in [0.717, 1.165) is 12.1 Å². The first-order valence-corrected chi connectivity index (χ1v) is 7.23. The highest BCUT2D eigenvalue weighted by molar-refractivity contribution is 6.30. The summed E-state index contributed by atoms with van der Waals surface area (Å²) >= 11 is 6.08. The van der Waals surface area contributed by atoms with Crippen LogP contribution < -0.4 is 14.8 Å². The molecule has 0 aliphatic rings. The third-order valence-corrected chi connectivity index (χ3v) is 3.39. The van der Waals surface area contributed by atoms with Crippen LogP contribution in [0.1, 0.15) is 32.8 Å². The number of halogens is 1. The van der Waals surface area contributed by atoms with Gasteiger partial charge >= 0.3 is 0 Å². The average molecular weight is 302 g/mol. The number of nitrogens with one attached hydrogen (secondary N) is 1. The van der Waals surface area contributed by atoms with E-state index in [-0.39, 0.29) is 6.61 Å². The van der Waals surface area contributed by atoms with E-state index in [4.69, 9.17) is 21.1 Å². The van der Waals surface area contributed by atoms with Crippen molar-refractivity contribution >= 4 is 11.6 Å². The molecule has 0 fully saturated rings. The van der Waals surface area contributed by atoms with E-state index in [1.807, 2.05) is 19.9 Å². The molecule has 0 aromatic heterocycles. The minimum absolute atomic E-state index is 0.209. The molecule has 0 aliphatic heterocycles. The fourth-order valence-corrected chi connectivity index (χ4v) is 1.89. The Labute approximate surface area is 126 Å². The number of methoxy groups -OCH3 is 1. The lowest BCUT2D eigenvalue weighted by molar-refractivity contribution is 0.00743. The number of aliphatic hydroxyl groups is 1. The van der Waals surface area contributed by atoms with Gasteiger partial charge in [-0.05, 0) is 26.0 Å². The summed E-state index contributed by atoms with van der Waals surface area (Å²) in [6.07, 6.45) is 0.617. The van der Waals surface area contributed by atoms with Gasteiger partial charge in [-0.25, -0.2) is 0 Å². The molecular formula is C15H24ClNO3. The standard InChI is InChI=1S/C15H24ClNO3/c1-5-15(3,18)10-20-14-11(9-17-6-2)7-12(16)8-13(14)19-4/h7-8,17-18H,5-6,9-10H2,1-4H3. The Balaban J connectivity index is 3.00. The predicted molar refractivity (Wildman–Crippen MR) is 81.8 cm³/mol. The molecular weight excluding hydrogens is 278 g/mol. The average Bonchev–Trinajstić information content (AvgIpc) is 2.43. The summed E-state index contributed by atoms with van der Waals surface area (Å²) in [4.78, 5) is 0. The quantitative estimate of drug-likeness (QED) is 0.775. The van der Waals surface area contributed by atoms with Crippen molar-refractivity contribution in [3.8, 4) is 11.5 Å². The molecule has 114 valence electrons. The van der Waals surface area contributed by atoms with E-state index < -0.39 is 5.60 Å². The lowest BCUT2D eigenvalue weighted by Crippen LogP contribution is -2.31. The maximum absolute atomic E-state index is 10.1. The van der Waals surface area contributed by atoms with Gasteiger partial charge in [0.15, 0.2) is 11.5 Å². The van der Waals surface area contributed by atoms with Crippen molar-refractivity contribution in [3.63, 3.8) is 0 Å². The highest BCUT2D eigenvalue weighted by Gasteiger charge is 2.21. The molecule has 5 heteroatoms. The Kier molecular flexibility index (Phi) is 6.59. The third kappa shape index (κ3) is 4.85. The van der Waals surface area contributed by atoms with Gasteiger partial charge in [0.1, 0.15) is 6.61 Å². The summed E-state index contributed by atoms with van der Waals surface area (Å²) in [7, 11) is 1.58. The maximum Gasteiger partial charge on any atom is 0.165 e. The Morgan fingerprint density at radius 3 is 2.60 bits per heavy atom. The first-order chi connectivity index (χ1) is 9.43. The minimum atomic E-state index is -0.861. The van der Waals surface area contributed by atoms with Crippen LogP contribution in [0.2, 0.25) is 5.02 Å². The summed E-state index contributed by atoms with van der Waals surface area (Å²) in [6, 6.07) is 3.57. The van der Waals surface area contributed by atoms with Crippen LogP contribution in [-0.4, -0.2) is 31.0 Å². The summed E-state index contributed by atoms with van der Waals surface area (Å²) < 4.78 is 11.1. The molecule has 0 radical (unpaired) electrons. The first kappa shape index (κ1) is 17.1. The van der Waals surface area contributed by atoms with Gasteiger partial charge in [-0.3, -0.25) is 0 Å².